The molecule has 0 aliphatic rings. The van der Waals surface area contributed by atoms with Gasteiger partial charge < -0.3 is 9.73 Å². The Kier molecular flexibility index (Phi) is 6.46. The van der Waals surface area contributed by atoms with Gasteiger partial charge in [-0.1, -0.05) is 29.2 Å². The fourth-order valence-electron chi connectivity index (χ4n) is 2.44. The minimum Gasteiger partial charge on any atom is -0.466 e. The summed E-state index contributed by atoms with van der Waals surface area (Å²) < 4.78 is 43.9. The third kappa shape index (κ3) is 5.60. The van der Waals surface area contributed by atoms with E-state index in [-0.39, 0.29) is 22.5 Å². The number of nitrogens with one attached hydrogen (secondary N) is 2. The molecule has 0 atom stereocenters. The number of thioether (sulfide) groups is 1. The number of halogens is 3. The van der Waals surface area contributed by atoms with E-state index >= 15 is 0 Å². The first kappa shape index (κ1) is 21.8. The molecule has 1 aromatic carbocycles. The Morgan fingerprint density at radius 3 is 2.60 bits per heavy atom. The second-order valence-electron chi connectivity index (χ2n) is 6.07. The van der Waals surface area contributed by atoms with Crippen molar-refractivity contribution in [2.24, 2.45) is 0 Å². The van der Waals surface area contributed by atoms with Crippen LogP contribution < -0.4 is 10.6 Å². The molecular weight excluding hydrogens is 441 g/mol. The van der Waals surface area contributed by atoms with E-state index in [1.807, 2.05) is 0 Å². The van der Waals surface area contributed by atoms with Crippen LogP contribution in [0, 0.1) is 13.8 Å². The molecule has 3 aromatic rings. The number of nitrogens with zero attached hydrogens (tertiary/aromatic N) is 2. The highest BCUT2D eigenvalue weighted by Crippen LogP contribution is 2.31. The molecule has 0 fully saturated rings. The van der Waals surface area contributed by atoms with E-state index in [1.165, 1.54) is 12.1 Å². The highest BCUT2D eigenvalue weighted by Gasteiger charge is 2.30. The van der Waals surface area contributed by atoms with Gasteiger partial charge in [0.2, 0.25) is 11.0 Å². The molecule has 0 bridgehead atoms. The second-order valence-corrected chi connectivity index (χ2v) is 8.27. The van der Waals surface area contributed by atoms with Crippen molar-refractivity contribution in [2.75, 3.05) is 16.4 Å². The van der Waals surface area contributed by atoms with E-state index in [0.29, 0.717) is 21.4 Å². The van der Waals surface area contributed by atoms with Crippen molar-refractivity contribution in [1.82, 2.24) is 10.2 Å². The van der Waals surface area contributed by atoms with Gasteiger partial charge >= 0.3 is 6.18 Å². The number of carbonyl (C=O) groups excluding carboxylic acids is 2. The first-order valence-electron chi connectivity index (χ1n) is 8.43. The van der Waals surface area contributed by atoms with Crippen molar-refractivity contribution < 1.29 is 27.2 Å². The maximum absolute atomic E-state index is 12.7. The summed E-state index contributed by atoms with van der Waals surface area (Å²) in [5.74, 6) is 0.121. The molecule has 2 heterocycles. The zero-order valence-electron chi connectivity index (χ0n) is 15.7. The van der Waals surface area contributed by atoms with Crippen LogP contribution in [0.5, 0.6) is 0 Å². The molecule has 0 radical (unpaired) electrons. The van der Waals surface area contributed by atoms with E-state index in [4.69, 9.17) is 4.42 Å². The smallest absolute Gasteiger partial charge is 0.416 e. The standard InChI is InChI=1S/C18H15F3N4O3S2/c1-9-6-13(10(2)28-9)15(27)23-16-24-25-17(30-16)29-8-14(26)22-12-5-3-4-11(7-12)18(19,20)21/h3-7H,8H2,1-2H3,(H,22,26)(H,23,24,27). The Morgan fingerprint density at radius 1 is 1.17 bits per heavy atom. The predicted molar refractivity (Wildman–Crippen MR) is 107 cm³/mol. The number of aryl methyl sites for hydroxylation is 2. The zero-order chi connectivity index (χ0) is 21.9. The van der Waals surface area contributed by atoms with Crippen molar-refractivity contribution in [2.45, 2.75) is 24.4 Å². The number of hydrogen-bond donors (Lipinski definition) is 2. The molecular formula is C18H15F3N4O3S2. The molecule has 0 spiro atoms. The lowest BCUT2D eigenvalue weighted by molar-refractivity contribution is -0.137. The van der Waals surface area contributed by atoms with Crippen LogP contribution >= 0.6 is 23.1 Å². The van der Waals surface area contributed by atoms with E-state index in [2.05, 4.69) is 20.8 Å². The van der Waals surface area contributed by atoms with Gasteiger partial charge in [-0.15, -0.1) is 10.2 Å². The first-order valence-corrected chi connectivity index (χ1v) is 10.2. The summed E-state index contributed by atoms with van der Waals surface area (Å²) in [7, 11) is 0. The Labute approximate surface area is 177 Å². The van der Waals surface area contributed by atoms with Crippen molar-refractivity contribution in [3.05, 3.63) is 53.0 Å². The molecule has 30 heavy (non-hydrogen) atoms. The minimum atomic E-state index is -4.49. The quantitative estimate of drug-likeness (QED) is 0.410. The number of rotatable bonds is 6. The van der Waals surface area contributed by atoms with Gasteiger partial charge in [0, 0.05) is 5.69 Å². The number of benzene rings is 1. The topological polar surface area (TPSA) is 97.1 Å². The third-order valence-electron chi connectivity index (χ3n) is 3.71. The first-order chi connectivity index (χ1) is 14.1. The monoisotopic (exact) mass is 456 g/mol. The molecule has 3 rings (SSSR count). The SMILES string of the molecule is Cc1cc(C(=O)Nc2nnc(SCC(=O)Nc3cccc(C(F)(F)F)c3)s2)c(C)o1. The van der Waals surface area contributed by atoms with Crippen molar-refractivity contribution in [1.29, 1.82) is 0 Å². The van der Waals surface area contributed by atoms with Gasteiger partial charge in [0.1, 0.15) is 11.5 Å². The molecule has 7 nitrogen and oxygen atoms in total. The molecule has 2 N–H and O–H groups in total. The molecule has 0 saturated carbocycles. The Hall–Kier alpha value is -2.86. The Bertz CT molecular complexity index is 1080. The van der Waals surface area contributed by atoms with Crippen molar-refractivity contribution in [3.63, 3.8) is 0 Å². The van der Waals surface area contributed by atoms with Gasteiger partial charge in [-0.05, 0) is 38.1 Å². The van der Waals surface area contributed by atoms with E-state index in [9.17, 15) is 22.8 Å². The normalized spacial score (nSPS) is 11.4. The molecule has 0 unspecified atom stereocenters. The maximum Gasteiger partial charge on any atom is 0.416 e. The number of amides is 2. The second kappa shape index (κ2) is 8.88. The molecule has 158 valence electrons. The van der Waals surface area contributed by atoms with Crippen LogP contribution in [0.3, 0.4) is 0 Å². The zero-order valence-corrected chi connectivity index (χ0v) is 17.3. The van der Waals surface area contributed by atoms with Gasteiger partial charge in [0.15, 0.2) is 4.34 Å². The lowest BCUT2D eigenvalue weighted by Crippen LogP contribution is -2.15. The Balaban J connectivity index is 1.53. The molecule has 0 aliphatic carbocycles. The van der Waals surface area contributed by atoms with Crippen LogP contribution in [0.25, 0.3) is 0 Å². The minimum absolute atomic E-state index is 0.0476. The highest BCUT2D eigenvalue weighted by molar-refractivity contribution is 8.01. The van der Waals surface area contributed by atoms with E-state index in [0.717, 1.165) is 35.2 Å². The number of hydrogen-bond acceptors (Lipinski definition) is 7. The Morgan fingerprint density at radius 2 is 1.93 bits per heavy atom. The van der Waals surface area contributed by atoms with Crippen molar-refractivity contribution >= 4 is 45.7 Å². The highest BCUT2D eigenvalue weighted by atomic mass is 32.2. The van der Waals surface area contributed by atoms with Crippen LogP contribution in [-0.2, 0) is 11.0 Å². The summed E-state index contributed by atoms with van der Waals surface area (Å²) in [5.41, 5.74) is -0.413. The fraction of sp³-hybridized carbons (Fsp3) is 0.222. The van der Waals surface area contributed by atoms with Crippen molar-refractivity contribution in [3.8, 4) is 0 Å². The predicted octanol–water partition coefficient (Wildman–Crippen LogP) is 4.75. The summed E-state index contributed by atoms with van der Waals surface area (Å²) in [4.78, 5) is 24.3. The van der Waals surface area contributed by atoms with E-state index in [1.54, 1.807) is 19.9 Å². The number of alkyl halides is 3. The number of carbonyl (C=O) groups is 2. The average Bonchev–Trinajstić information content (AvgIpc) is 3.25. The van der Waals surface area contributed by atoms with Gasteiger partial charge in [-0.3, -0.25) is 14.9 Å². The summed E-state index contributed by atoms with van der Waals surface area (Å²) in [5, 5.41) is 13.0. The molecule has 0 saturated heterocycles. The van der Waals surface area contributed by atoms with Crippen LogP contribution in [-0.4, -0.2) is 27.8 Å². The fourth-order valence-corrected chi connectivity index (χ4v) is 3.98. The molecule has 2 amide bonds. The molecule has 12 heteroatoms. The molecule has 2 aromatic heterocycles. The van der Waals surface area contributed by atoms with Gasteiger partial charge in [-0.25, -0.2) is 0 Å². The third-order valence-corrected chi connectivity index (χ3v) is 5.68. The number of aromatic nitrogens is 2. The lowest BCUT2D eigenvalue weighted by Gasteiger charge is -2.09. The van der Waals surface area contributed by atoms with Gasteiger partial charge in [0.05, 0.1) is 16.9 Å². The summed E-state index contributed by atoms with van der Waals surface area (Å²) in [6.07, 6.45) is -4.49. The van der Waals surface area contributed by atoms with Gasteiger partial charge in [-0.2, -0.15) is 13.2 Å². The largest absolute Gasteiger partial charge is 0.466 e. The van der Waals surface area contributed by atoms with Gasteiger partial charge in [0.25, 0.3) is 5.91 Å². The number of furan rings is 1. The van der Waals surface area contributed by atoms with Crippen LogP contribution in [0.2, 0.25) is 0 Å². The average molecular weight is 456 g/mol. The van der Waals surface area contributed by atoms with Crippen LogP contribution in [0.15, 0.2) is 39.1 Å². The van der Waals surface area contributed by atoms with Crippen LogP contribution in [0.1, 0.15) is 27.4 Å². The summed E-state index contributed by atoms with van der Waals surface area (Å²) in [6, 6.07) is 5.98. The molecule has 0 aliphatic heterocycles. The summed E-state index contributed by atoms with van der Waals surface area (Å²) >= 11 is 2.12. The van der Waals surface area contributed by atoms with E-state index < -0.39 is 17.6 Å². The number of anilines is 2. The summed E-state index contributed by atoms with van der Waals surface area (Å²) in [6.45, 7) is 3.40. The van der Waals surface area contributed by atoms with Crippen LogP contribution in [0.4, 0.5) is 24.0 Å². The lowest BCUT2D eigenvalue weighted by atomic mass is 10.2. The maximum atomic E-state index is 12.7.